The van der Waals surface area contributed by atoms with Gasteiger partial charge in [-0.05, 0) is 56.9 Å². The van der Waals surface area contributed by atoms with E-state index in [1.165, 1.54) is 5.56 Å². The van der Waals surface area contributed by atoms with Crippen LogP contribution in [0.3, 0.4) is 0 Å². The van der Waals surface area contributed by atoms with Gasteiger partial charge >= 0.3 is 0 Å². The summed E-state index contributed by atoms with van der Waals surface area (Å²) < 4.78 is 6.36. The SMILES string of the molecule is Cc1cc(C)c2nc(N(Cc3ccccc3)C(=O)CCc3c(C)noc3C)sc2c1. The second kappa shape index (κ2) is 8.40. The average Bonchev–Trinajstić information content (AvgIpc) is 3.28. The van der Waals surface area contributed by atoms with Crippen LogP contribution in [0.25, 0.3) is 10.2 Å². The van der Waals surface area contributed by atoms with Gasteiger partial charge in [-0.25, -0.2) is 4.98 Å². The highest BCUT2D eigenvalue weighted by Crippen LogP contribution is 2.33. The van der Waals surface area contributed by atoms with E-state index in [-0.39, 0.29) is 5.91 Å². The Morgan fingerprint density at radius 1 is 1.10 bits per heavy atom. The fraction of sp³-hybridized carbons (Fsp3) is 0.292. The number of aromatic nitrogens is 2. The maximum Gasteiger partial charge on any atom is 0.229 e. The lowest BCUT2D eigenvalue weighted by molar-refractivity contribution is -0.118. The summed E-state index contributed by atoms with van der Waals surface area (Å²) in [7, 11) is 0. The summed E-state index contributed by atoms with van der Waals surface area (Å²) in [6, 6.07) is 14.3. The van der Waals surface area contributed by atoms with Crippen LogP contribution < -0.4 is 4.90 Å². The molecule has 0 saturated heterocycles. The molecule has 0 aliphatic carbocycles. The third-order valence-electron chi connectivity index (χ3n) is 5.30. The second-order valence-electron chi connectivity index (χ2n) is 7.69. The maximum absolute atomic E-state index is 13.3. The minimum absolute atomic E-state index is 0.0484. The van der Waals surface area contributed by atoms with Gasteiger partial charge in [-0.3, -0.25) is 9.69 Å². The largest absolute Gasteiger partial charge is 0.361 e. The van der Waals surface area contributed by atoms with Gasteiger partial charge in [-0.1, -0.05) is 52.9 Å². The molecule has 4 aromatic rings. The normalized spacial score (nSPS) is 11.2. The second-order valence-corrected chi connectivity index (χ2v) is 8.70. The number of amides is 1. The fourth-order valence-electron chi connectivity index (χ4n) is 3.73. The molecule has 30 heavy (non-hydrogen) atoms. The monoisotopic (exact) mass is 419 g/mol. The molecule has 5 nitrogen and oxygen atoms in total. The number of benzene rings is 2. The summed E-state index contributed by atoms with van der Waals surface area (Å²) in [6.45, 7) is 8.46. The number of hydrogen-bond donors (Lipinski definition) is 0. The van der Waals surface area contributed by atoms with Crippen LogP contribution >= 0.6 is 11.3 Å². The van der Waals surface area contributed by atoms with Crippen molar-refractivity contribution in [2.24, 2.45) is 0 Å². The number of carbonyl (C=O) groups is 1. The third kappa shape index (κ3) is 4.14. The molecular formula is C24H25N3O2S. The number of carbonyl (C=O) groups excluding carboxylic acids is 1. The first-order valence-corrected chi connectivity index (χ1v) is 10.9. The average molecular weight is 420 g/mol. The topological polar surface area (TPSA) is 59.2 Å². The molecule has 0 N–H and O–H groups in total. The first kappa shape index (κ1) is 20.3. The van der Waals surface area contributed by atoms with E-state index in [0.717, 1.165) is 43.5 Å². The molecule has 0 bridgehead atoms. The molecule has 0 fully saturated rings. The van der Waals surface area contributed by atoms with Gasteiger partial charge < -0.3 is 4.52 Å². The Morgan fingerprint density at radius 2 is 1.87 bits per heavy atom. The maximum atomic E-state index is 13.3. The molecule has 0 aliphatic rings. The molecule has 2 aromatic carbocycles. The Hall–Kier alpha value is -2.99. The molecule has 0 aliphatic heterocycles. The Bertz CT molecular complexity index is 1170. The molecule has 1 amide bonds. The summed E-state index contributed by atoms with van der Waals surface area (Å²) in [6.07, 6.45) is 0.984. The van der Waals surface area contributed by atoms with Gasteiger partial charge in [0.05, 0.1) is 22.5 Å². The van der Waals surface area contributed by atoms with E-state index in [1.54, 1.807) is 11.3 Å². The van der Waals surface area contributed by atoms with Crippen LogP contribution in [0.5, 0.6) is 0 Å². The van der Waals surface area contributed by atoms with Gasteiger partial charge in [-0.2, -0.15) is 0 Å². The van der Waals surface area contributed by atoms with Crippen LogP contribution in [0.15, 0.2) is 47.0 Å². The number of anilines is 1. The molecule has 2 aromatic heterocycles. The predicted molar refractivity (Wildman–Crippen MR) is 121 cm³/mol. The Balaban J connectivity index is 1.65. The van der Waals surface area contributed by atoms with Crippen molar-refractivity contribution in [3.63, 3.8) is 0 Å². The standard InChI is InChI=1S/C24H25N3O2S/c1-15-12-16(2)23-21(13-15)30-24(25-23)27(14-19-8-6-5-7-9-19)22(28)11-10-20-17(3)26-29-18(20)4/h5-9,12-13H,10-11,14H2,1-4H3. The number of fused-ring (bicyclic) bond motifs is 1. The van der Waals surface area contributed by atoms with Crippen LogP contribution in [0.1, 0.15) is 40.1 Å². The molecular weight excluding hydrogens is 394 g/mol. The summed E-state index contributed by atoms with van der Waals surface area (Å²) >= 11 is 1.57. The molecule has 2 heterocycles. The summed E-state index contributed by atoms with van der Waals surface area (Å²) in [5.41, 5.74) is 6.25. The molecule has 0 atom stereocenters. The van der Waals surface area contributed by atoms with Crippen molar-refractivity contribution in [2.45, 2.75) is 47.1 Å². The van der Waals surface area contributed by atoms with Crippen molar-refractivity contribution in [2.75, 3.05) is 4.90 Å². The highest BCUT2D eigenvalue weighted by Gasteiger charge is 2.22. The Kier molecular flexibility index (Phi) is 5.68. The van der Waals surface area contributed by atoms with Crippen LogP contribution in [0.4, 0.5) is 5.13 Å². The van der Waals surface area contributed by atoms with Crippen LogP contribution in [-0.4, -0.2) is 16.0 Å². The van der Waals surface area contributed by atoms with Gasteiger partial charge in [0.25, 0.3) is 0 Å². The number of aryl methyl sites for hydroxylation is 4. The summed E-state index contributed by atoms with van der Waals surface area (Å²) in [5.74, 6) is 0.827. The zero-order valence-electron chi connectivity index (χ0n) is 17.7. The first-order valence-electron chi connectivity index (χ1n) is 10.1. The molecule has 0 unspecified atom stereocenters. The molecule has 6 heteroatoms. The van der Waals surface area contributed by atoms with E-state index in [9.17, 15) is 4.79 Å². The zero-order chi connectivity index (χ0) is 21.3. The first-order chi connectivity index (χ1) is 14.4. The lowest BCUT2D eigenvalue weighted by Gasteiger charge is -2.20. The van der Waals surface area contributed by atoms with Gasteiger partial charge in [0.2, 0.25) is 5.91 Å². The van der Waals surface area contributed by atoms with Crippen molar-refractivity contribution >= 4 is 32.6 Å². The lowest BCUT2D eigenvalue weighted by atomic mass is 10.1. The molecule has 154 valence electrons. The van der Waals surface area contributed by atoms with Crippen molar-refractivity contribution in [1.82, 2.24) is 10.1 Å². The van der Waals surface area contributed by atoms with Crippen molar-refractivity contribution in [3.05, 3.63) is 76.2 Å². The minimum atomic E-state index is 0.0484. The van der Waals surface area contributed by atoms with Crippen molar-refractivity contribution in [1.29, 1.82) is 0 Å². The van der Waals surface area contributed by atoms with Crippen LogP contribution in [-0.2, 0) is 17.8 Å². The number of nitrogens with zero attached hydrogens (tertiary/aromatic N) is 3. The Morgan fingerprint density at radius 3 is 2.57 bits per heavy atom. The zero-order valence-corrected chi connectivity index (χ0v) is 18.5. The molecule has 0 spiro atoms. The van der Waals surface area contributed by atoms with E-state index in [2.05, 4.69) is 31.1 Å². The summed E-state index contributed by atoms with van der Waals surface area (Å²) in [5, 5.41) is 4.74. The predicted octanol–water partition coefficient (Wildman–Crippen LogP) is 5.68. The van der Waals surface area contributed by atoms with Crippen molar-refractivity contribution in [3.8, 4) is 0 Å². The smallest absolute Gasteiger partial charge is 0.229 e. The van der Waals surface area contributed by atoms with Gasteiger partial charge in [0.1, 0.15) is 5.76 Å². The number of hydrogen-bond acceptors (Lipinski definition) is 5. The Labute approximate surface area is 180 Å². The lowest BCUT2D eigenvalue weighted by Crippen LogP contribution is -2.30. The fourth-order valence-corrected chi connectivity index (χ4v) is 4.89. The number of thiazole rings is 1. The van der Waals surface area contributed by atoms with Gasteiger partial charge in [0.15, 0.2) is 5.13 Å². The van der Waals surface area contributed by atoms with Gasteiger partial charge in [-0.15, -0.1) is 0 Å². The van der Waals surface area contributed by atoms with E-state index in [0.29, 0.717) is 19.4 Å². The number of rotatable bonds is 6. The summed E-state index contributed by atoms with van der Waals surface area (Å²) in [4.78, 5) is 20.0. The molecule has 0 radical (unpaired) electrons. The van der Waals surface area contributed by atoms with Crippen LogP contribution in [0, 0.1) is 27.7 Å². The van der Waals surface area contributed by atoms with Crippen molar-refractivity contribution < 1.29 is 9.32 Å². The highest BCUT2D eigenvalue weighted by molar-refractivity contribution is 7.22. The quantitative estimate of drug-likeness (QED) is 0.403. The van der Waals surface area contributed by atoms with E-state index >= 15 is 0 Å². The third-order valence-corrected chi connectivity index (χ3v) is 6.33. The highest BCUT2D eigenvalue weighted by atomic mass is 32.1. The molecule has 0 saturated carbocycles. The minimum Gasteiger partial charge on any atom is -0.361 e. The molecule has 4 rings (SSSR count). The van der Waals surface area contributed by atoms with E-state index < -0.39 is 0 Å². The van der Waals surface area contributed by atoms with Gasteiger partial charge in [0, 0.05) is 12.0 Å². The van der Waals surface area contributed by atoms with E-state index in [4.69, 9.17) is 9.51 Å². The van der Waals surface area contributed by atoms with Crippen LogP contribution in [0.2, 0.25) is 0 Å². The van der Waals surface area contributed by atoms with E-state index in [1.807, 2.05) is 49.1 Å².